The van der Waals surface area contributed by atoms with Gasteiger partial charge < -0.3 is 5.32 Å². The van der Waals surface area contributed by atoms with E-state index >= 15 is 0 Å². The Labute approximate surface area is 88.3 Å². The Hall–Kier alpha value is -1.58. The zero-order valence-electron chi connectivity index (χ0n) is 8.94. The highest BCUT2D eigenvalue weighted by Gasteiger charge is 2.33. The molecule has 15 heavy (non-hydrogen) atoms. The highest BCUT2D eigenvalue weighted by atomic mass is 15.4. The Morgan fingerprint density at radius 2 is 2.27 bits per heavy atom. The standard InChI is InChI=1S/C11H14N4/c1-7-3-4-10-13-11(14-15(10)6-7)12-9-5-8(9)2/h3-4,6,8-9H,5H2,1-2H3,(H,12,14). The van der Waals surface area contributed by atoms with Gasteiger partial charge in [-0.25, -0.2) is 4.52 Å². The summed E-state index contributed by atoms with van der Waals surface area (Å²) in [6.45, 7) is 4.29. The van der Waals surface area contributed by atoms with E-state index in [9.17, 15) is 0 Å². The van der Waals surface area contributed by atoms with E-state index < -0.39 is 0 Å². The molecule has 1 aliphatic carbocycles. The fourth-order valence-corrected chi connectivity index (χ4v) is 1.74. The molecule has 1 saturated carbocycles. The van der Waals surface area contributed by atoms with Gasteiger partial charge in [0.2, 0.25) is 5.95 Å². The van der Waals surface area contributed by atoms with Crippen molar-refractivity contribution in [3.63, 3.8) is 0 Å². The zero-order valence-corrected chi connectivity index (χ0v) is 8.94. The number of rotatable bonds is 2. The molecule has 1 aliphatic rings. The molecule has 0 bridgehead atoms. The van der Waals surface area contributed by atoms with E-state index in [1.54, 1.807) is 0 Å². The van der Waals surface area contributed by atoms with Crippen LogP contribution in [0.2, 0.25) is 0 Å². The molecular formula is C11H14N4. The van der Waals surface area contributed by atoms with Gasteiger partial charge in [-0.2, -0.15) is 4.98 Å². The summed E-state index contributed by atoms with van der Waals surface area (Å²) in [5.41, 5.74) is 2.09. The van der Waals surface area contributed by atoms with Crippen LogP contribution < -0.4 is 5.32 Å². The van der Waals surface area contributed by atoms with Crippen molar-refractivity contribution < 1.29 is 0 Å². The number of aryl methyl sites for hydroxylation is 1. The maximum Gasteiger partial charge on any atom is 0.243 e. The lowest BCUT2D eigenvalue weighted by molar-refractivity contribution is 0.900. The lowest BCUT2D eigenvalue weighted by Gasteiger charge is -1.95. The van der Waals surface area contributed by atoms with Gasteiger partial charge in [-0.3, -0.25) is 0 Å². The van der Waals surface area contributed by atoms with E-state index in [2.05, 4.69) is 29.2 Å². The minimum atomic E-state index is 0.573. The largest absolute Gasteiger partial charge is 0.350 e. The molecule has 1 fully saturated rings. The SMILES string of the molecule is Cc1ccc2nc(NC3CC3C)nn2c1. The molecule has 2 aromatic rings. The van der Waals surface area contributed by atoms with Crippen molar-refractivity contribution in [1.29, 1.82) is 0 Å². The summed E-state index contributed by atoms with van der Waals surface area (Å²) in [4.78, 5) is 4.41. The lowest BCUT2D eigenvalue weighted by Crippen LogP contribution is -2.04. The molecule has 1 N–H and O–H groups in total. The summed E-state index contributed by atoms with van der Waals surface area (Å²) in [5, 5.41) is 7.71. The smallest absolute Gasteiger partial charge is 0.243 e. The van der Waals surface area contributed by atoms with Gasteiger partial charge in [0.1, 0.15) is 0 Å². The topological polar surface area (TPSA) is 42.2 Å². The Kier molecular flexibility index (Phi) is 1.71. The quantitative estimate of drug-likeness (QED) is 0.808. The van der Waals surface area contributed by atoms with Crippen LogP contribution in [0.25, 0.3) is 5.65 Å². The second-order valence-corrected chi connectivity index (χ2v) is 4.41. The van der Waals surface area contributed by atoms with Crippen LogP contribution in [0.15, 0.2) is 18.3 Å². The van der Waals surface area contributed by atoms with Crippen molar-refractivity contribution in [2.24, 2.45) is 5.92 Å². The van der Waals surface area contributed by atoms with Gasteiger partial charge in [0.25, 0.3) is 0 Å². The fraction of sp³-hybridized carbons (Fsp3) is 0.455. The monoisotopic (exact) mass is 202 g/mol. The molecule has 0 radical (unpaired) electrons. The number of fused-ring (bicyclic) bond motifs is 1. The molecule has 4 heteroatoms. The third-order valence-electron chi connectivity index (χ3n) is 2.90. The number of hydrogen-bond donors (Lipinski definition) is 1. The van der Waals surface area contributed by atoms with Crippen LogP contribution in [0.3, 0.4) is 0 Å². The van der Waals surface area contributed by atoms with Crippen LogP contribution in [0, 0.1) is 12.8 Å². The molecule has 4 nitrogen and oxygen atoms in total. The van der Waals surface area contributed by atoms with Crippen LogP contribution in [0.4, 0.5) is 5.95 Å². The summed E-state index contributed by atoms with van der Waals surface area (Å²) in [7, 11) is 0. The van der Waals surface area contributed by atoms with Gasteiger partial charge in [0.15, 0.2) is 5.65 Å². The summed E-state index contributed by atoms with van der Waals surface area (Å²) >= 11 is 0. The Balaban J connectivity index is 1.92. The summed E-state index contributed by atoms with van der Waals surface area (Å²) in [6, 6.07) is 4.61. The van der Waals surface area contributed by atoms with Crippen LogP contribution in [0.5, 0.6) is 0 Å². The van der Waals surface area contributed by atoms with E-state index in [0.29, 0.717) is 6.04 Å². The van der Waals surface area contributed by atoms with Gasteiger partial charge >= 0.3 is 0 Å². The number of pyridine rings is 1. The van der Waals surface area contributed by atoms with Crippen molar-refractivity contribution >= 4 is 11.6 Å². The van der Waals surface area contributed by atoms with Gasteiger partial charge in [0.05, 0.1) is 0 Å². The Bertz CT molecular complexity index is 502. The molecule has 78 valence electrons. The number of hydrogen-bond acceptors (Lipinski definition) is 3. The van der Waals surface area contributed by atoms with Crippen molar-refractivity contribution in [3.05, 3.63) is 23.9 Å². The fourth-order valence-electron chi connectivity index (χ4n) is 1.74. The molecule has 0 saturated heterocycles. The summed E-state index contributed by atoms with van der Waals surface area (Å²) < 4.78 is 1.82. The molecule has 2 heterocycles. The van der Waals surface area contributed by atoms with Gasteiger partial charge in [-0.1, -0.05) is 13.0 Å². The second kappa shape index (κ2) is 2.95. The van der Waals surface area contributed by atoms with E-state index in [0.717, 1.165) is 17.5 Å². The average molecular weight is 202 g/mol. The second-order valence-electron chi connectivity index (χ2n) is 4.41. The molecule has 2 aromatic heterocycles. The van der Waals surface area contributed by atoms with Crippen LogP contribution >= 0.6 is 0 Å². The van der Waals surface area contributed by atoms with Crippen molar-refractivity contribution in [2.75, 3.05) is 5.32 Å². The minimum Gasteiger partial charge on any atom is -0.350 e. The van der Waals surface area contributed by atoms with E-state index in [1.807, 2.05) is 22.8 Å². The van der Waals surface area contributed by atoms with E-state index in [-0.39, 0.29) is 0 Å². The maximum absolute atomic E-state index is 4.41. The lowest BCUT2D eigenvalue weighted by atomic mass is 10.3. The number of nitrogens with zero attached hydrogens (tertiary/aromatic N) is 3. The molecule has 0 aromatic carbocycles. The van der Waals surface area contributed by atoms with Crippen molar-refractivity contribution in [3.8, 4) is 0 Å². The number of anilines is 1. The molecule has 2 atom stereocenters. The molecule has 0 aliphatic heterocycles. The molecule has 3 rings (SSSR count). The third kappa shape index (κ3) is 1.56. The van der Waals surface area contributed by atoms with E-state index in [1.165, 1.54) is 12.0 Å². The highest BCUT2D eigenvalue weighted by Crippen LogP contribution is 2.31. The number of nitrogens with one attached hydrogen (secondary N) is 1. The van der Waals surface area contributed by atoms with E-state index in [4.69, 9.17) is 0 Å². The predicted molar refractivity (Wildman–Crippen MR) is 58.9 cm³/mol. The van der Waals surface area contributed by atoms with Gasteiger partial charge in [-0.05, 0) is 30.9 Å². The average Bonchev–Trinajstić information content (AvgIpc) is 2.75. The summed E-state index contributed by atoms with van der Waals surface area (Å²) in [6.07, 6.45) is 3.22. The first kappa shape index (κ1) is 8.71. The van der Waals surface area contributed by atoms with Crippen LogP contribution in [-0.2, 0) is 0 Å². The normalized spacial score (nSPS) is 24.4. The van der Waals surface area contributed by atoms with Crippen molar-refractivity contribution in [2.45, 2.75) is 26.3 Å². The van der Waals surface area contributed by atoms with Gasteiger partial charge in [0, 0.05) is 12.2 Å². The first-order valence-electron chi connectivity index (χ1n) is 5.32. The molecule has 2 unspecified atom stereocenters. The first-order chi connectivity index (χ1) is 7.22. The zero-order chi connectivity index (χ0) is 10.4. The van der Waals surface area contributed by atoms with Crippen LogP contribution in [-0.4, -0.2) is 20.6 Å². The third-order valence-corrected chi connectivity index (χ3v) is 2.90. The van der Waals surface area contributed by atoms with Gasteiger partial charge in [-0.15, -0.1) is 5.10 Å². The molecule has 0 amide bonds. The maximum atomic E-state index is 4.41. The number of aromatic nitrogens is 3. The highest BCUT2D eigenvalue weighted by molar-refractivity contribution is 5.45. The van der Waals surface area contributed by atoms with Crippen LogP contribution in [0.1, 0.15) is 18.9 Å². The first-order valence-corrected chi connectivity index (χ1v) is 5.32. The summed E-state index contributed by atoms with van der Waals surface area (Å²) in [5.74, 6) is 1.51. The Morgan fingerprint density at radius 1 is 1.47 bits per heavy atom. The minimum absolute atomic E-state index is 0.573. The molecular weight excluding hydrogens is 188 g/mol. The molecule has 0 spiro atoms. The van der Waals surface area contributed by atoms with Crippen molar-refractivity contribution in [1.82, 2.24) is 14.6 Å². The predicted octanol–water partition coefficient (Wildman–Crippen LogP) is 1.86. The Morgan fingerprint density at radius 3 is 3.00 bits per heavy atom.